The van der Waals surface area contributed by atoms with Gasteiger partial charge in [-0.25, -0.2) is 4.99 Å². The number of nitro benzene ring substituents is 1. The van der Waals surface area contributed by atoms with Gasteiger partial charge in [0.1, 0.15) is 40.4 Å². The van der Waals surface area contributed by atoms with Crippen LogP contribution in [0.1, 0.15) is 16.9 Å². The zero-order chi connectivity index (χ0) is 28.2. The van der Waals surface area contributed by atoms with E-state index in [9.17, 15) is 15.4 Å². The van der Waals surface area contributed by atoms with Gasteiger partial charge in [0.2, 0.25) is 5.88 Å². The fraction of sp³-hybridized carbons (Fsp3) is 0.0968. The van der Waals surface area contributed by atoms with Gasteiger partial charge in [0.05, 0.1) is 30.9 Å². The number of nitrogens with zero attached hydrogens (tertiary/aromatic N) is 3. The highest BCUT2D eigenvalue weighted by atomic mass is 16.6. The van der Waals surface area contributed by atoms with Crippen molar-refractivity contribution in [3.8, 4) is 51.3 Å². The van der Waals surface area contributed by atoms with Crippen LogP contribution in [0.25, 0.3) is 33.8 Å². The van der Waals surface area contributed by atoms with Crippen LogP contribution in [0.3, 0.4) is 0 Å². The van der Waals surface area contributed by atoms with Crippen LogP contribution in [0, 0.1) is 28.4 Å². The number of aliphatic imine (C=N–C) groups is 1. The number of methoxy groups -OCH3 is 2. The van der Waals surface area contributed by atoms with Crippen LogP contribution in [0.2, 0.25) is 0 Å². The molecular weight excluding hydrogens is 510 g/mol. The Morgan fingerprint density at radius 2 is 1.55 bits per heavy atom. The van der Waals surface area contributed by atoms with Gasteiger partial charge in [-0.2, -0.15) is 5.26 Å². The minimum Gasteiger partial charge on any atom is -0.497 e. The molecule has 0 aliphatic rings. The van der Waals surface area contributed by atoms with E-state index in [1.54, 1.807) is 69.7 Å². The predicted octanol–water partition coefficient (Wildman–Crippen LogP) is 7.73. The zero-order valence-corrected chi connectivity index (χ0v) is 21.9. The Balaban J connectivity index is 1.57. The lowest BCUT2D eigenvalue weighted by atomic mass is 9.98. The summed E-state index contributed by atoms with van der Waals surface area (Å²) < 4.78 is 22.6. The first-order valence-corrected chi connectivity index (χ1v) is 12.2. The predicted molar refractivity (Wildman–Crippen MR) is 150 cm³/mol. The van der Waals surface area contributed by atoms with Crippen LogP contribution >= 0.6 is 0 Å². The number of aryl methyl sites for hydroxylation is 1. The Labute approximate surface area is 229 Å². The topological polar surface area (TPSA) is 124 Å². The molecule has 0 aliphatic carbocycles. The van der Waals surface area contributed by atoms with Crippen molar-refractivity contribution in [2.75, 3.05) is 14.2 Å². The molecule has 0 spiro atoms. The van der Waals surface area contributed by atoms with E-state index in [1.165, 1.54) is 12.3 Å². The van der Waals surface area contributed by atoms with E-state index in [-0.39, 0.29) is 17.1 Å². The average Bonchev–Trinajstić information content (AvgIpc) is 3.60. The summed E-state index contributed by atoms with van der Waals surface area (Å²) in [5.41, 5.74) is 3.38. The van der Waals surface area contributed by atoms with E-state index in [0.717, 1.165) is 16.7 Å². The summed E-state index contributed by atoms with van der Waals surface area (Å²) in [4.78, 5) is 15.5. The number of rotatable bonds is 8. The fourth-order valence-corrected chi connectivity index (χ4v) is 4.28. The van der Waals surface area contributed by atoms with Crippen molar-refractivity contribution in [2.24, 2.45) is 4.99 Å². The number of furan rings is 2. The minimum atomic E-state index is -0.442. The maximum Gasteiger partial charge on any atom is 0.280 e. The van der Waals surface area contributed by atoms with E-state index in [2.05, 4.69) is 11.1 Å². The molecule has 0 unspecified atom stereocenters. The first kappa shape index (κ1) is 26.0. The van der Waals surface area contributed by atoms with E-state index >= 15 is 0 Å². The smallest absolute Gasteiger partial charge is 0.280 e. The summed E-state index contributed by atoms with van der Waals surface area (Å²) in [5, 5.41) is 21.7. The number of nitro groups is 1. The first-order valence-electron chi connectivity index (χ1n) is 12.2. The Morgan fingerprint density at radius 1 is 0.900 bits per heavy atom. The first-order chi connectivity index (χ1) is 19.4. The maximum atomic E-state index is 11.6. The van der Waals surface area contributed by atoms with Gasteiger partial charge in [-0.15, -0.1) is 0 Å². The number of hydrogen-bond donors (Lipinski definition) is 0. The molecule has 0 radical (unpaired) electrons. The minimum absolute atomic E-state index is 0.0519. The summed E-state index contributed by atoms with van der Waals surface area (Å²) in [7, 11) is 3.17. The molecule has 9 nitrogen and oxygen atoms in total. The van der Waals surface area contributed by atoms with Crippen LogP contribution in [-0.2, 0) is 0 Å². The molecule has 0 bridgehead atoms. The van der Waals surface area contributed by atoms with Crippen LogP contribution in [0.15, 0.2) is 92.7 Å². The zero-order valence-electron chi connectivity index (χ0n) is 21.9. The molecule has 2 heterocycles. The van der Waals surface area contributed by atoms with E-state index in [1.807, 2.05) is 24.3 Å². The molecule has 0 saturated heterocycles. The van der Waals surface area contributed by atoms with Crippen molar-refractivity contribution in [1.29, 1.82) is 5.26 Å². The van der Waals surface area contributed by atoms with Gasteiger partial charge in [0.15, 0.2) is 0 Å². The molecule has 0 atom stereocenters. The molecule has 0 aliphatic heterocycles. The highest BCUT2D eigenvalue weighted by molar-refractivity contribution is 5.89. The Bertz CT molecular complexity index is 1760. The largest absolute Gasteiger partial charge is 0.497 e. The molecule has 2 aromatic heterocycles. The van der Waals surface area contributed by atoms with Crippen LogP contribution in [-0.4, -0.2) is 25.4 Å². The number of nitriles is 1. The highest BCUT2D eigenvalue weighted by Gasteiger charge is 2.23. The summed E-state index contributed by atoms with van der Waals surface area (Å²) in [6, 6.07) is 25.0. The van der Waals surface area contributed by atoms with Crippen molar-refractivity contribution < 1.29 is 23.2 Å². The normalized spacial score (nSPS) is 10.9. The quantitative estimate of drug-likeness (QED) is 0.113. The van der Waals surface area contributed by atoms with Crippen LogP contribution in [0.5, 0.6) is 11.5 Å². The van der Waals surface area contributed by atoms with Crippen LogP contribution < -0.4 is 9.47 Å². The van der Waals surface area contributed by atoms with Crippen molar-refractivity contribution >= 4 is 17.8 Å². The van der Waals surface area contributed by atoms with Crippen LogP contribution in [0.4, 0.5) is 11.6 Å². The summed E-state index contributed by atoms with van der Waals surface area (Å²) >= 11 is 0. The molecule has 0 saturated carbocycles. The Morgan fingerprint density at radius 3 is 2.15 bits per heavy atom. The van der Waals surface area contributed by atoms with Gasteiger partial charge >= 0.3 is 0 Å². The summed E-state index contributed by atoms with van der Waals surface area (Å²) in [6.07, 6.45) is 1.42. The molecule has 0 amide bonds. The van der Waals surface area contributed by atoms with Gasteiger partial charge < -0.3 is 18.3 Å². The lowest BCUT2D eigenvalue weighted by molar-refractivity contribution is -0.384. The molecule has 0 fully saturated rings. The third-order valence-electron chi connectivity index (χ3n) is 6.28. The molecule has 0 N–H and O–H groups in total. The molecule has 9 heteroatoms. The lowest BCUT2D eigenvalue weighted by Crippen LogP contribution is -1.92. The third kappa shape index (κ3) is 5.06. The third-order valence-corrected chi connectivity index (χ3v) is 6.28. The van der Waals surface area contributed by atoms with Gasteiger partial charge in [-0.05, 0) is 72.6 Å². The number of hydrogen-bond acceptors (Lipinski definition) is 8. The number of benzene rings is 3. The molecule has 5 aromatic rings. The second-order valence-electron chi connectivity index (χ2n) is 8.79. The van der Waals surface area contributed by atoms with Crippen molar-refractivity contribution in [1.82, 2.24) is 0 Å². The number of ether oxygens (including phenoxy) is 2. The molecule has 3 aromatic carbocycles. The van der Waals surface area contributed by atoms with Crippen molar-refractivity contribution in [2.45, 2.75) is 6.92 Å². The standard InChI is InChI=1S/C31H23N3O6/c1-19-4-14-25(27(16-19)34(35)36)28-15-13-24(39-28)18-33-31-26(17-32)29(20-5-9-22(37-2)10-6-20)30(40-31)21-7-11-23(38-3)12-8-21/h4-16,18H,1-3H3. The Kier molecular flexibility index (Phi) is 7.16. The van der Waals surface area contributed by atoms with E-state index < -0.39 is 4.92 Å². The molecule has 198 valence electrons. The van der Waals surface area contributed by atoms with E-state index in [0.29, 0.717) is 39.9 Å². The maximum absolute atomic E-state index is 11.6. The molecule has 40 heavy (non-hydrogen) atoms. The highest BCUT2D eigenvalue weighted by Crippen LogP contribution is 2.43. The van der Waals surface area contributed by atoms with Gasteiger partial charge in [0.25, 0.3) is 5.69 Å². The summed E-state index contributed by atoms with van der Waals surface area (Å²) in [6.45, 7) is 1.79. The van der Waals surface area contributed by atoms with Gasteiger partial charge in [-0.3, -0.25) is 10.1 Å². The monoisotopic (exact) mass is 533 g/mol. The van der Waals surface area contributed by atoms with Gasteiger partial charge in [-0.1, -0.05) is 18.2 Å². The second kappa shape index (κ2) is 11.0. The van der Waals surface area contributed by atoms with E-state index in [4.69, 9.17) is 18.3 Å². The fourth-order valence-electron chi connectivity index (χ4n) is 4.28. The molecule has 5 rings (SSSR count). The van der Waals surface area contributed by atoms with Crippen molar-refractivity contribution in [3.05, 3.63) is 106 Å². The molecular formula is C31H23N3O6. The van der Waals surface area contributed by atoms with Gasteiger partial charge in [0, 0.05) is 17.2 Å². The average molecular weight is 534 g/mol. The summed E-state index contributed by atoms with van der Waals surface area (Å²) in [5.74, 6) is 2.58. The SMILES string of the molecule is COc1ccc(-c2oc(N=Cc3ccc(-c4ccc(C)cc4[N+](=O)[O-])o3)c(C#N)c2-c2ccc(OC)cc2)cc1. The second-order valence-corrected chi connectivity index (χ2v) is 8.79. The lowest BCUT2D eigenvalue weighted by Gasteiger charge is -2.06. The van der Waals surface area contributed by atoms with Crippen molar-refractivity contribution in [3.63, 3.8) is 0 Å². The Hall–Kier alpha value is -5.62.